The van der Waals surface area contributed by atoms with Crippen LogP contribution in [0.3, 0.4) is 0 Å². The maximum atomic E-state index is 12.1. The minimum absolute atomic E-state index is 0.0247. The second-order valence-corrected chi connectivity index (χ2v) is 6.33. The molecule has 3 rings (SSSR count). The molecular formula is C13H18N2O3S. The Bertz CT molecular complexity index is 466. The first-order valence-corrected chi connectivity index (χ1v) is 7.29. The van der Waals surface area contributed by atoms with Gasteiger partial charge >= 0.3 is 0 Å². The van der Waals surface area contributed by atoms with Crippen LogP contribution in [-0.2, 0) is 14.3 Å². The van der Waals surface area contributed by atoms with Gasteiger partial charge in [-0.3, -0.25) is 9.69 Å². The smallest absolute Gasteiger partial charge is 0.253 e. The Balaban J connectivity index is 1.81. The molecule has 2 fully saturated rings. The van der Waals surface area contributed by atoms with Gasteiger partial charge < -0.3 is 14.8 Å². The van der Waals surface area contributed by atoms with E-state index in [1.807, 2.05) is 24.0 Å². The lowest BCUT2D eigenvalue weighted by atomic mass is 10.0. The molecule has 1 aromatic rings. The summed E-state index contributed by atoms with van der Waals surface area (Å²) >= 11 is 1.64. The summed E-state index contributed by atoms with van der Waals surface area (Å²) in [7, 11) is 0. The second kappa shape index (κ2) is 5.20. The summed E-state index contributed by atoms with van der Waals surface area (Å²) in [6.45, 7) is 5.51. The SMILES string of the molecule is Cc1ccc(N2C[C@@]3(CNCCOC3)OCC2=O)s1. The van der Waals surface area contributed by atoms with Gasteiger partial charge in [-0.15, -0.1) is 11.3 Å². The van der Waals surface area contributed by atoms with Crippen LogP contribution in [0.1, 0.15) is 4.88 Å². The lowest BCUT2D eigenvalue weighted by molar-refractivity contribution is -0.144. The van der Waals surface area contributed by atoms with Crippen molar-refractivity contribution in [1.82, 2.24) is 5.32 Å². The maximum absolute atomic E-state index is 12.1. The minimum atomic E-state index is -0.414. The number of carbonyl (C=O) groups is 1. The van der Waals surface area contributed by atoms with Crippen molar-refractivity contribution < 1.29 is 14.3 Å². The van der Waals surface area contributed by atoms with E-state index in [0.29, 0.717) is 19.8 Å². The lowest BCUT2D eigenvalue weighted by Crippen LogP contribution is -2.60. The Kier molecular flexibility index (Phi) is 3.58. The molecule has 5 nitrogen and oxygen atoms in total. The van der Waals surface area contributed by atoms with Crippen molar-refractivity contribution in [2.45, 2.75) is 12.5 Å². The summed E-state index contributed by atoms with van der Waals surface area (Å²) < 4.78 is 11.4. The third kappa shape index (κ3) is 2.67. The van der Waals surface area contributed by atoms with Crippen molar-refractivity contribution in [3.63, 3.8) is 0 Å². The van der Waals surface area contributed by atoms with Crippen molar-refractivity contribution in [2.24, 2.45) is 0 Å². The Morgan fingerprint density at radius 1 is 1.47 bits per heavy atom. The molecule has 1 aromatic heterocycles. The van der Waals surface area contributed by atoms with Gasteiger partial charge in [-0.1, -0.05) is 0 Å². The quantitative estimate of drug-likeness (QED) is 0.827. The van der Waals surface area contributed by atoms with Crippen LogP contribution < -0.4 is 10.2 Å². The van der Waals surface area contributed by atoms with Gasteiger partial charge in [0.25, 0.3) is 5.91 Å². The summed E-state index contributed by atoms with van der Waals surface area (Å²) in [4.78, 5) is 15.1. The highest BCUT2D eigenvalue weighted by molar-refractivity contribution is 7.16. The van der Waals surface area contributed by atoms with E-state index in [1.165, 1.54) is 4.88 Å². The van der Waals surface area contributed by atoms with E-state index in [4.69, 9.17) is 9.47 Å². The molecule has 0 unspecified atom stereocenters. The van der Waals surface area contributed by atoms with Crippen LogP contribution in [0, 0.1) is 6.92 Å². The monoisotopic (exact) mass is 282 g/mol. The Labute approximate surface area is 116 Å². The Hall–Kier alpha value is -0.950. The summed E-state index contributed by atoms with van der Waals surface area (Å²) in [6.07, 6.45) is 0. The van der Waals surface area contributed by atoms with Gasteiger partial charge in [0.15, 0.2) is 0 Å². The molecular weight excluding hydrogens is 264 g/mol. The predicted octanol–water partition coefficient (Wildman–Crippen LogP) is 0.778. The van der Waals surface area contributed by atoms with Gasteiger partial charge in [-0.05, 0) is 19.1 Å². The number of carbonyl (C=O) groups excluding carboxylic acids is 1. The van der Waals surface area contributed by atoms with Crippen LogP contribution in [0.2, 0.25) is 0 Å². The van der Waals surface area contributed by atoms with Crippen LogP contribution in [0.15, 0.2) is 12.1 Å². The zero-order valence-electron chi connectivity index (χ0n) is 11.0. The summed E-state index contributed by atoms with van der Waals surface area (Å²) in [5.41, 5.74) is -0.414. The lowest BCUT2D eigenvalue weighted by Gasteiger charge is -2.40. The molecule has 2 aliphatic heterocycles. The average Bonchev–Trinajstić information content (AvgIpc) is 2.71. The van der Waals surface area contributed by atoms with Gasteiger partial charge in [-0.25, -0.2) is 0 Å². The fourth-order valence-electron chi connectivity index (χ4n) is 2.45. The first-order chi connectivity index (χ1) is 9.19. The molecule has 0 aromatic carbocycles. The predicted molar refractivity (Wildman–Crippen MR) is 73.8 cm³/mol. The molecule has 2 saturated heterocycles. The fraction of sp³-hybridized carbons (Fsp3) is 0.615. The zero-order chi connectivity index (χ0) is 13.3. The number of hydrogen-bond acceptors (Lipinski definition) is 5. The molecule has 0 radical (unpaired) electrons. The molecule has 0 aliphatic carbocycles. The van der Waals surface area contributed by atoms with Gasteiger partial charge in [0, 0.05) is 18.0 Å². The Morgan fingerprint density at radius 2 is 2.37 bits per heavy atom. The zero-order valence-corrected chi connectivity index (χ0v) is 11.8. The summed E-state index contributed by atoms with van der Waals surface area (Å²) in [5, 5.41) is 4.31. The largest absolute Gasteiger partial charge is 0.377 e. The van der Waals surface area contributed by atoms with Crippen LogP contribution in [-0.4, -0.2) is 51.0 Å². The van der Waals surface area contributed by atoms with Gasteiger partial charge in [0.1, 0.15) is 12.2 Å². The van der Waals surface area contributed by atoms with Crippen LogP contribution >= 0.6 is 11.3 Å². The van der Waals surface area contributed by atoms with Crippen molar-refractivity contribution in [2.75, 3.05) is 44.4 Å². The van der Waals surface area contributed by atoms with Crippen molar-refractivity contribution >= 4 is 22.2 Å². The maximum Gasteiger partial charge on any atom is 0.253 e. The number of anilines is 1. The van der Waals surface area contributed by atoms with E-state index in [-0.39, 0.29) is 12.5 Å². The third-order valence-corrected chi connectivity index (χ3v) is 4.50. The van der Waals surface area contributed by atoms with Gasteiger partial charge in [0.05, 0.1) is 24.8 Å². The fourth-order valence-corrected chi connectivity index (χ4v) is 3.32. The standard InChI is InChI=1S/C13H18N2O3S/c1-10-2-3-12(19-10)15-8-13(18-6-11(15)16)7-14-4-5-17-9-13/h2-3,14H,4-9H2,1H3/t13-/m1/s1. The van der Waals surface area contributed by atoms with E-state index in [0.717, 1.165) is 18.1 Å². The number of nitrogens with one attached hydrogen (secondary N) is 1. The summed E-state index contributed by atoms with van der Waals surface area (Å²) in [5.74, 6) is 0.0247. The highest BCUT2D eigenvalue weighted by atomic mass is 32.1. The molecule has 1 N–H and O–H groups in total. The number of morpholine rings is 1. The number of nitrogens with zero attached hydrogens (tertiary/aromatic N) is 1. The van der Waals surface area contributed by atoms with E-state index in [1.54, 1.807) is 11.3 Å². The number of amides is 1. The van der Waals surface area contributed by atoms with Crippen molar-refractivity contribution in [1.29, 1.82) is 0 Å². The van der Waals surface area contributed by atoms with Gasteiger partial charge in [-0.2, -0.15) is 0 Å². The molecule has 1 spiro atoms. The van der Waals surface area contributed by atoms with E-state index < -0.39 is 5.60 Å². The highest BCUT2D eigenvalue weighted by Gasteiger charge is 2.41. The first kappa shape index (κ1) is 13.1. The Morgan fingerprint density at radius 3 is 3.16 bits per heavy atom. The topological polar surface area (TPSA) is 50.8 Å². The molecule has 1 atom stereocenters. The molecule has 19 heavy (non-hydrogen) atoms. The molecule has 2 aliphatic rings. The van der Waals surface area contributed by atoms with Crippen LogP contribution in [0.4, 0.5) is 5.00 Å². The van der Waals surface area contributed by atoms with Crippen molar-refractivity contribution in [3.8, 4) is 0 Å². The second-order valence-electron chi connectivity index (χ2n) is 5.07. The van der Waals surface area contributed by atoms with Gasteiger partial charge in [0.2, 0.25) is 0 Å². The number of aryl methyl sites for hydroxylation is 1. The number of hydrogen-bond donors (Lipinski definition) is 1. The number of rotatable bonds is 1. The average molecular weight is 282 g/mol. The molecule has 3 heterocycles. The van der Waals surface area contributed by atoms with E-state index >= 15 is 0 Å². The third-order valence-electron chi connectivity index (χ3n) is 3.48. The summed E-state index contributed by atoms with van der Waals surface area (Å²) in [6, 6.07) is 4.04. The van der Waals surface area contributed by atoms with E-state index in [2.05, 4.69) is 5.32 Å². The number of thiophene rings is 1. The molecule has 0 saturated carbocycles. The molecule has 0 bridgehead atoms. The van der Waals surface area contributed by atoms with E-state index in [9.17, 15) is 4.79 Å². The normalized spacial score (nSPS) is 28.7. The van der Waals surface area contributed by atoms with Crippen LogP contribution in [0.5, 0.6) is 0 Å². The molecule has 104 valence electrons. The molecule has 1 amide bonds. The molecule has 6 heteroatoms. The highest BCUT2D eigenvalue weighted by Crippen LogP contribution is 2.30. The first-order valence-electron chi connectivity index (χ1n) is 6.48. The minimum Gasteiger partial charge on any atom is -0.377 e. The number of ether oxygens (including phenoxy) is 2. The van der Waals surface area contributed by atoms with Crippen molar-refractivity contribution in [3.05, 3.63) is 17.0 Å². The van der Waals surface area contributed by atoms with Crippen LogP contribution in [0.25, 0.3) is 0 Å².